The maximum Gasteiger partial charge on any atom is 0.411 e. The van der Waals surface area contributed by atoms with Gasteiger partial charge < -0.3 is 10.1 Å². The van der Waals surface area contributed by atoms with E-state index in [9.17, 15) is 18.0 Å². The molecule has 1 unspecified atom stereocenters. The van der Waals surface area contributed by atoms with Gasteiger partial charge in [-0.05, 0) is 48.7 Å². The van der Waals surface area contributed by atoms with Crippen molar-refractivity contribution in [2.24, 2.45) is 0 Å². The van der Waals surface area contributed by atoms with E-state index in [-0.39, 0.29) is 30.0 Å². The zero-order valence-electron chi connectivity index (χ0n) is 17.7. The van der Waals surface area contributed by atoms with Crippen LogP contribution in [-0.4, -0.2) is 43.9 Å². The summed E-state index contributed by atoms with van der Waals surface area (Å²) in [6.45, 7) is 4.16. The van der Waals surface area contributed by atoms with Crippen LogP contribution in [0.4, 0.5) is 10.5 Å². The zero-order valence-corrected chi connectivity index (χ0v) is 18.5. The molecule has 0 bridgehead atoms. The van der Waals surface area contributed by atoms with Crippen molar-refractivity contribution in [3.8, 4) is 0 Å². The molecule has 0 aliphatic carbocycles. The van der Waals surface area contributed by atoms with Crippen molar-refractivity contribution < 1.29 is 22.7 Å². The maximum absolute atomic E-state index is 13.1. The molecule has 0 spiro atoms. The molecule has 170 valence electrons. The van der Waals surface area contributed by atoms with Crippen molar-refractivity contribution in [1.82, 2.24) is 9.62 Å². The molecular weight excluding hydrogens is 430 g/mol. The zero-order chi connectivity index (χ0) is 23.0. The molecule has 0 aromatic heterocycles. The minimum absolute atomic E-state index is 0.122. The molecule has 1 atom stereocenters. The number of benzene rings is 2. The normalized spacial score (nSPS) is 17.1. The van der Waals surface area contributed by atoms with Crippen LogP contribution in [0, 0.1) is 0 Å². The van der Waals surface area contributed by atoms with Crippen LogP contribution in [0.25, 0.3) is 0 Å². The van der Waals surface area contributed by atoms with Gasteiger partial charge in [0.1, 0.15) is 6.61 Å². The van der Waals surface area contributed by atoms with Crippen molar-refractivity contribution >= 4 is 27.7 Å². The summed E-state index contributed by atoms with van der Waals surface area (Å²) in [5.41, 5.74) is 1.29. The standard InChI is InChI=1S/C23H27N3O5S/c1-2-22(27)24-20-10-6-7-15-26(16-20)32(29,30)21-13-11-19(12-14-21)25-23(28)31-17-18-8-4-3-5-9-18/h2-5,8-9,11-14,20H,1,6-7,10,15-17H2,(H,24,27)(H,25,28). The molecule has 1 aliphatic heterocycles. The van der Waals surface area contributed by atoms with Crippen LogP contribution in [0.2, 0.25) is 0 Å². The minimum atomic E-state index is -3.74. The number of carbonyl (C=O) groups is 2. The highest BCUT2D eigenvalue weighted by atomic mass is 32.2. The Balaban J connectivity index is 1.61. The quantitative estimate of drug-likeness (QED) is 0.621. The Morgan fingerprint density at radius 3 is 2.50 bits per heavy atom. The van der Waals surface area contributed by atoms with E-state index in [0.29, 0.717) is 25.1 Å². The lowest BCUT2D eigenvalue weighted by molar-refractivity contribution is -0.117. The average molecular weight is 458 g/mol. The van der Waals surface area contributed by atoms with Gasteiger partial charge in [0.05, 0.1) is 4.90 Å². The Morgan fingerprint density at radius 2 is 1.81 bits per heavy atom. The fraction of sp³-hybridized carbons (Fsp3) is 0.304. The third kappa shape index (κ3) is 6.41. The molecule has 1 fully saturated rings. The van der Waals surface area contributed by atoms with Crippen LogP contribution in [-0.2, 0) is 26.2 Å². The van der Waals surface area contributed by atoms with Crippen LogP contribution >= 0.6 is 0 Å². The number of nitrogens with one attached hydrogen (secondary N) is 2. The molecule has 32 heavy (non-hydrogen) atoms. The topological polar surface area (TPSA) is 105 Å². The average Bonchev–Trinajstić information content (AvgIpc) is 3.05. The highest BCUT2D eigenvalue weighted by Crippen LogP contribution is 2.22. The molecule has 2 aromatic rings. The first-order chi connectivity index (χ1) is 15.4. The van der Waals surface area contributed by atoms with Gasteiger partial charge in [-0.25, -0.2) is 13.2 Å². The SMILES string of the molecule is C=CC(=O)NC1CCCCN(S(=O)(=O)c2ccc(NC(=O)OCc3ccccc3)cc2)C1. The lowest BCUT2D eigenvalue weighted by Crippen LogP contribution is -2.44. The van der Waals surface area contributed by atoms with Gasteiger partial charge in [-0.15, -0.1) is 0 Å². The number of nitrogens with zero attached hydrogens (tertiary/aromatic N) is 1. The van der Waals surface area contributed by atoms with Gasteiger partial charge in [0.25, 0.3) is 0 Å². The van der Waals surface area contributed by atoms with Crippen LogP contribution in [0.1, 0.15) is 24.8 Å². The second-order valence-corrected chi connectivity index (χ2v) is 9.42. The monoisotopic (exact) mass is 457 g/mol. The van der Waals surface area contributed by atoms with Crippen LogP contribution in [0.15, 0.2) is 72.1 Å². The van der Waals surface area contributed by atoms with Gasteiger partial charge in [0.2, 0.25) is 15.9 Å². The van der Waals surface area contributed by atoms with Crippen molar-refractivity contribution in [3.05, 3.63) is 72.8 Å². The van der Waals surface area contributed by atoms with Crippen molar-refractivity contribution in [1.29, 1.82) is 0 Å². The van der Waals surface area contributed by atoms with Crippen LogP contribution in [0.3, 0.4) is 0 Å². The fourth-order valence-corrected chi connectivity index (χ4v) is 4.96. The number of amides is 2. The Hall–Kier alpha value is -3.17. The van der Waals surface area contributed by atoms with Crippen LogP contribution < -0.4 is 10.6 Å². The molecular formula is C23H27N3O5S. The molecule has 0 radical (unpaired) electrons. The number of sulfonamides is 1. The largest absolute Gasteiger partial charge is 0.444 e. The predicted octanol–water partition coefficient (Wildman–Crippen LogP) is 3.28. The van der Waals surface area contributed by atoms with Gasteiger partial charge >= 0.3 is 6.09 Å². The van der Waals surface area contributed by atoms with Gasteiger partial charge in [-0.2, -0.15) is 4.31 Å². The first kappa shape index (κ1) is 23.5. The van der Waals surface area contributed by atoms with Crippen LogP contribution in [0.5, 0.6) is 0 Å². The van der Waals surface area contributed by atoms with E-state index in [1.807, 2.05) is 30.3 Å². The summed E-state index contributed by atoms with van der Waals surface area (Å²) >= 11 is 0. The molecule has 2 amide bonds. The van der Waals surface area contributed by atoms with E-state index in [1.165, 1.54) is 34.6 Å². The molecule has 9 heteroatoms. The Kier molecular flexibility index (Phi) is 8.02. The fourth-order valence-electron chi connectivity index (χ4n) is 3.44. The number of anilines is 1. The van der Waals surface area contributed by atoms with Gasteiger partial charge in [0.15, 0.2) is 0 Å². The first-order valence-electron chi connectivity index (χ1n) is 10.4. The van der Waals surface area contributed by atoms with E-state index < -0.39 is 16.1 Å². The van der Waals surface area contributed by atoms with Gasteiger partial charge in [-0.3, -0.25) is 10.1 Å². The molecule has 2 N–H and O–H groups in total. The van der Waals surface area contributed by atoms with E-state index in [1.54, 1.807) is 0 Å². The highest BCUT2D eigenvalue weighted by molar-refractivity contribution is 7.89. The third-order valence-corrected chi connectivity index (χ3v) is 7.00. The third-order valence-electron chi connectivity index (χ3n) is 5.12. The van der Waals surface area contributed by atoms with Crippen molar-refractivity contribution in [2.45, 2.75) is 36.8 Å². The van der Waals surface area contributed by atoms with E-state index >= 15 is 0 Å². The summed E-state index contributed by atoms with van der Waals surface area (Å²) in [7, 11) is -3.74. The molecule has 8 nitrogen and oxygen atoms in total. The summed E-state index contributed by atoms with van der Waals surface area (Å²) in [6, 6.07) is 15.0. The molecule has 2 aromatic carbocycles. The molecule has 0 saturated carbocycles. The van der Waals surface area contributed by atoms with E-state index in [2.05, 4.69) is 17.2 Å². The summed E-state index contributed by atoms with van der Waals surface area (Å²) in [5.74, 6) is -0.316. The number of hydrogen-bond donors (Lipinski definition) is 2. The summed E-state index contributed by atoms with van der Waals surface area (Å²) in [4.78, 5) is 23.8. The smallest absolute Gasteiger partial charge is 0.411 e. The van der Waals surface area contributed by atoms with Gasteiger partial charge in [0, 0.05) is 24.8 Å². The number of carbonyl (C=O) groups excluding carboxylic acids is 2. The minimum Gasteiger partial charge on any atom is -0.444 e. The lowest BCUT2D eigenvalue weighted by Gasteiger charge is -2.24. The molecule has 1 saturated heterocycles. The highest BCUT2D eigenvalue weighted by Gasteiger charge is 2.29. The van der Waals surface area contributed by atoms with Crippen molar-refractivity contribution in [2.75, 3.05) is 18.4 Å². The Bertz CT molecular complexity index is 1040. The maximum atomic E-state index is 13.1. The Morgan fingerprint density at radius 1 is 1.09 bits per heavy atom. The first-order valence-corrected chi connectivity index (χ1v) is 11.8. The summed E-state index contributed by atoms with van der Waals surface area (Å²) in [5, 5.41) is 5.38. The number of ether oxygens (including phenoxy) is 1. The number of hydrogen-bond acceptors (Lipinski definition) is 5. The predicted molar refractivity (Wildman–Crippen MR) is 121 cm³/mol. The second kappa shape index (κ2) is 10.9. The molecule has 1 aliphatic rings. The second-order valence-electron chi connectivity index (χ2n) is 7.48. The van der Waals surface area contributed by atoms with E-state index in [4.69, 9.17) is 4.74 Å². The molecule has 1 heterocycles. The van der Waals surface area contributed by atoms with E-state index in [0.717, 1.165) is 12.0 Å². The Labute approximate surface area is 188 Å². The van der Waals surface area contributed by atoms with Gasteiger partial charge in [-0.1, -0.05) is 43.3 Å². The molecule has 3 rings (SSSR count). The lowest BCUT2D eigenvalue weighted by atomic mass is 10.1. The summed E-state index contributed by atoms with van der Waals surface area (Å²) < 4.78 is 32.8. The number of rotatable bonds is 7. The van der Waals surface area contributed by atoms with Crippen molar-refractivity contribution in [3.63, 3.8) is 0 Å². The summed E-state index contributed by atoms with van der Waals surface area (Å²) in [6.07, 6.45) is 2.80.